The molecule has 0 saturated heterocycles. The van der Waals surface area contributed by atoms with E-state index in [2.05, 4.69) is 39.0 Å². The molecule has 5 nitrogen and oxygen atoms in total. The Morgan fingerprint density at radius 2 is 1.65 bits per heavy atom. The number of hydrogen-bond donors (Lipinski definition) is 0. The lowest BCUT2D eigenvalue weighted by atomic mass is 10.1. The Kier molecular flexibility index (Phi) is 4.57. The van der Waals surface area contributed by atoms with E-state index in [9.17, 15) is 4.79 Å². The minimum atomic E-state index is -2.03. The van der Waals surface area contributed by atoms with Crippen LogP contribution in [0, 0.1) is 0 Å². The fourth-order valence-corrected chi connectivity index (χ4v) is 2.69. The molecule has 0 N–H and O–H groups in total. The Labute approximate surface area is 138 Å². The highest BCUT2D eigenvalue weighted by molar-refractivity contribution is 6.74. The van der Waals surface area contributed by atoms with Gasteiger partial charge in [0.2, 0.25) is 5.78 Å². The first kappa shape index (κ1) is 17.5. The van der Waals surface area contributed by atoms with Crippen molar-refractivity contribution in [3.63, 3.8) is 0 Å². The molecule has 0 saturated carbocycles. The van der Waals surface area contributed by atoms with Crippen molar-refractivity contribution >= 4 is 19.8 Å². The van der Waals surface area contributed by atoms with Crippen LogP contribution in [0.2, 0.25) is 18.1 Å². The van der Waals surface area contributed by atoms with Crippen LogP contribution in [0.1, 0.15) is 36.7 Å². The van der Waals surface area contributed by atoms with Gasteiger partial charge in [-0.25, -0.2) is 0 Å². The number of carbonyl (C=O) groups is 1. The number of oxime groups is 1. The largest absolute Gasteiger partial charge is 0.493 e. The number of benzene rings is 1. The lowest BCUT2D eigenvalue weighted by Crippen LogP contribution is -2.39. The highest BCUT2D eigenvalue weighted by atomic mass is 28.4. The van der Waals surface area contributed by atoms with Crippen LogP contribution in [-0.2, 0) is 10.9 Å². The highest BCUT2D eigenvalue weighted by Gasteiger charge is 2.40. The van der Waals surface area contributed by atoms with Crippen molar-refractivity contribution < 1.29 is 18.8 Å². The second-order valence-corrected chi connectivity index (χ2v) is 12.0. The summed E-state index contributed by atoms with van der Waals surface area (Å²) >= 11 is 0. The molecule has 0 bridgehead atoms. The summed E-state index contributed by atoms with van der Waals surface area (Å²) in [6.07, 6.45) is 0.461. The van der Waals surface area contributed by atoms with Gasteiger partial charge in [0.15, 0.2) is 11.5 Å². The van der Waals surface area contributed by atoms with Gasteiger partial charge in [0, 0.05) is 12.0 Å². The normalized spacial score (nSPS) is 16.5. The SMILES string of the molecule is COc1cc2c(cc1OC)C(=O)C(=NO[Si](C)(C)C(C)(C)C)C2. The average molecular weight is 335 g/mol. The Morgan fingerprint density at radius 1 is 1.09 bits per heavy atom. The van der Waals surface area contributed by atoms with Crippen LogP contribution in [0.4, 0.5) is 0 Å². The summed E-state index contributed by atoms with van der Waals surface area (Å²) in [5, 5.41) is 4.25. The number of carbonyl (C=O) groups excluding carboxylic acids is 1. The zero-order chi connectivity index (χ0) is 17.4. The lowest BCUT2D eigenvalue weighted by Gasteiger charge is -2.33. The van der Waals surface area contributed by atoms with Crippen LogP contribution in [0.5, 0.6) is 11.5 Å². The first-order valence-electron chi connectivity index (χ1n) is 7.65. The number of rotatable bonds is 4. The Morgan fingerprint density at radius 3 is 2.17 bits per heavy atom. The monoisotopic (exact) mass is 335 g/mol. The average Bonchev–Trinajstić information content (AvgIpc) is 2.78. The Balaban J connectivity index is 2.29. The van der Waals surface area contributed by atoms with E-state index in [0.717, 1.165) is 5.56 Å². The predicted octanol–water partition coefficient (Wildman–Crippen LogP) is 3.82. The highest BCUT2D eigenvalue weighted by Crippen LogP contribution is 2.37. The Hall–Kier alpha value is -1.82. The van der Waals surface area contributed by atoms with E-state index in [1.165, 1.54) is 0 Å². The van der Waals surface area contributed by atoms with Crippen molar-refractivity contribution in [2.24, 2.45) is 5.16 Å². The van der Waals surface area contributed by atoms with Gasteiger partial charge >= 0.3 is 0 Å². The third kappa shape index (κ3) is 3.27. The van der Waals surface area contributed by atoms with Gasteiger partial charge in [-0.05, 0) is 35.8 Å². The molecule has 1 aliphatic carbocycles. The molecule has 0 aromatic heterocycles. The maximum absolute atomic E-state index is 12.5. The van der Waals surface area contributed by atoms with Gasteiger partial charge in [-0.3, -0.25) is 4.79 Å². The van der Waals surface area contributed by atoms with E-state index in [1.54, 1.807) is 20.3 Å². The molecule has 0 spiro atoms. The number of nitrogens with zero attached hydrogens (tertiary/aromatic N) is 1. The molecule has 0 radical (unpaired) electrons. The molecule has 0 fully saturated rings. The smallest absolute Gasteiger partial charge is 0.286 e. The molecule has 0 unspecified atom stereocenters. The molecule has 0 heterocycles. The molecule has 126 valence electrons. The molecular formula is C17H25NO4Si. The molecule has 6 heteroatoms. The first-order chi connectivity index (χ1) is 10.6. The summed E-state index contributed by atoms with van der Waals surface area (Å²) in [4.78, 5) is 12.5. The van der Waals surface area contributed by atoms with E-state index in [4.69, 9.17) is 14.0 Å². The van der Waals surface area contributed by atoms with Crippen LogP contribution in [0.15, 0.2) is 17.3 Å². The fourth-order valence-electron chi connectivity index (χ4n) is 2.07. The summed E-state index contributed by atoms with van der Waals surface area (Å²) in [7, 11) is 1.10. The van der Waals surface area contributed by atoms with E-state index < -0.39 is 8.32 Å². The minimum absolute atomic E-state index is 0.0397. The summed E-state index contributed by atoms with van der Waals surface area (Å²) in [6.45, 7) is 10.6. The number of ether oxygens (including phenoxy) is 2. The standard InChI is InChI=1S/C17H25NO4Si/c1-17(2,3)23(6,7)22-18-13-8-11-9-14(20-4)15(21-5)10-12(11)16(13)19/h9-10H,8H2,1-7H3. The number of Topliss-reactive ketones (excluding diaryl/α,β-unsaturated/α-hetero) is 1. The maximum Gasteiger partial charge on any atom is 0.286 e. The van der Waals surface area contributed by atoms with Crippen molar-refractivity contribution in [3.05, 3.63) is 23.3 Å². The van der Waals surface area contributed by atoms with Crippen LogP contribution in [0.25, 0.3) is 0 Å². The second kappa shape index (κ2) is 6.00. The van der Waals surface area contributed by atoms with Gasteiger partial charge in [0.05, 0.1) is 14.2 Å². The fraction of sp³-hybridized carbons (Fsp3) is 0.529. The molecule has 0 atom stereocenters. The third-order valence-corrected chi connectivity index (χ3v) is 8.82. The quantitative estimate of drug-likeness (QED) is 0.620. The number of ketones is 1. The Bertz CT molecular complexity index is 659. The van der Waals surface area contributed by atoms with Crippen molar-refractivity contribution in [1.82, 2.24) is 0 Å². The lowest BCUT2D eigenvalue weighted by molar-refractivity contribution is 0.106. The van der Waals surface area contributed by atoms with Crippen LogP contribution in [-0.4, -0.2) is 34.0 Å². The zero-order valence-corrected chi connectivity index (χ0v) is 15.9. The molecule has 2 rings (SSSR count). The second-order valence-electron chi connectivity index (χ2n) is 7.26. The van der Waals surface area contributed by atoms with Crippen molar-refractivity contribution in [3.8, 4) is 11.5 Å². The minimum Gasteiger partial charge on any atom is -0.493 e. The summed E-state index contributed by atoms with van der Waals surface area (Å²) in [5.74, 6) is 1.07. The van der Waals surface area contributed by atoms with Gasteiger partial charge in [-0.1, -0.05) is 20.8 Å². The van der Waals surface area contributed by atoms with Gasteiger partial charge in [-0.2, -0.15) is 0 Å². The van der Waals surface area contributed by atoms with Crippen molar-refractivity contribution in [1.29, 1.82) is 0 Å². The number of methoxy groups -OCH3 is 2. The first-order valence-corrected chi connectivity index (χ1v) is 10.6. The molecule has 23 heavy (non-hydrogen) atoms. The zero-order valence-electron chi connectivity index (χ0n) is 14.9. The predicted molar refractivity (Wildman–Crippen MR) is 93.3 cm³/mol. The van der Waals surface area contributed by atoms with Gasteiger partial charge in [0.25, 0.3) is 8.32 Å². The van der Waals surface area contributed by atoms with E-state index in [-0.39, 0.29) is 10.8 Å². The number of hydrogen-bond acceptors (Lipinski definition) is 5. The van der Waals surface area contributed by atoms with E-state index >= 15 is 0 Å². The van der Waals surface area contributed by atoms with Crippen LogP contribution >= 0.6 is 0 Å². The van der Waals surface area contributed by atoms with Gasteiger partial charge < -0.3 is 14.0 Å². The summed E-state index contributed by atoms with van der Waals surface area (Å²) < 4.78 is 16.4. The molecule has 0 aliphatic heterocycles. The summed E-state index contributed by atoms with van der Waals surface area (Å²) in [5.41, 5.74) is 1.95. The van der Waals surface area contributed by atoms with Crippen molar-refractivity contribution in [2.45, 2.75) is 45.3 Å². The van der Waals surface area contributed by atoms with Crippen LogP contribution < -0.4 is 9.47 Å². The van der Waals surface area contributed by atoms with Crippen molar-refractivity contribution in [2.75, 3.05) is 14.2 Å². The molecule has 1 aromatic carbocycles. The maximum atomic E-state index is 12.5. The molecular weight excluding hydrogens is 310 g/mol. The number of fused-ring (bicyclic) bond motifs is 1. The van der Waals surface area contributed by atoms with E-state index in [1.807, 2.05) is 6.07 Å². The van der Waals surface area contributed by atoms with Crippen LogP contribution in [0.3, 0.4) is 0 Å². The third-order valence-electron chi connectivity index (χ3n) is 4.66. The summed E-state index contributed by atoms with van der Waals surface area (Å²) in [6, 6.07) is 3.55. The molecule has 1 aliphatic rings. The van der Waals surface area contributed by atoms with Gasteiger partial charge in [-0.15, -0.1) is 5.16 Å². The molecule has 1 aromatic rings. The topological polar surface area (TPSA) is 57.1 Å². The molecule has 0 amide bonds. The van der Waals surface area contributed by atoms with E-state index in [0.29, 0.717) is 29.2 Å². The van der Waals surface area contributed by atoms with Gasteiger partial charge in [0.1, 0.15) is 5.71 Å².